The lowest BCUT2D eigenvalue weighted by molar-refractivity contribution is -0.136. The summed E-state index contributed by atoms with van der Waals surface area (Å²) in [6.07, 6.45) is 3.60. The second-order valence-corrected chi connectivity index (χ2v) is 11.1. The first-order valence-corrected chi connectivity index (χ1v) is 12.6. The van der Waals surface area contributed by atoms with Gasteiger partial charge in [0.25, 0.3) is 0 Å². The average Bonchev–Trinajstić information content (AvgIpc) is 3.25. The fraction of sp³-hybridized carbons (Fsp3) is 0.450. The van der Waals surface area contributed by atoms with E-state index in [2.05, 4.69) is 9.88 Å². The van der Waals surface area contributed by atoms with Crippen LogP contribution in [0.15, 0.2) is 22.5 Å². The molecule has 0 atom stereocenters. The molecule has 3 heterocycles. The molecular weight excluding hydrogens is 446 g/mol. The van der Waals surface area contributed by atoms with Crippen LogP contribution < -0.4 is 4.90 Å². The Bertz CT molecular complexity index is 1010. The van der Waals surface area contributed by atoms with Gasteiger partial charge in [-0.3, -0.25) is 4.79 Å². The van der Waals surface area contributed by atoms with Crippen LogP contribution in [0.2, 0.25) is 5.02 Å². The van der Waals surface area contributed by atoms with Crippen molar-refractivity contribution in [2.75, 3.05) is 23.7 Å². The molecule has 1 saturated heterocycles. The molecule has 1 aliphatic heterocycles. The predicted molar refractivity (Wildman–Crippen MR) is 123 cm³/mol. The summed E-state index contributed by atoms with van der Waals surface area (Å²) in [6.45, 7) is 3.98. The molecule has 154 valence electrons. The summed E-state index contributed by atoms with van der Waals surface area (Å²) in [5, 5.41) is 10.8. The topological polar surface area (TPSA) is 66.3 Å². The number of aliphatic carboxylic acids is 1. The number of carboxylic acid groups (broad SMARTS) is 1. The lowest BCUT2D eigenvalue weighted by Crippen LogP contribution is -2.33. The highest BCUT2D eigenvalue weighted by Crippen LogP contribution is 2.34. The third kappa shape index (κ3) is 5.23. The Balaban J connectivity index is 1.25. The molecule has 5 nitrogen and oxygen atoms in total. The molecule has 2 aromatic heterocycles. The van der Waals surface area contributed by atoms with E-state index in [0.29, 0.717) is 0 Å². The number of benzene rings is 1. The highest BCUT2D eigenvalue weighted by molar-refractivity contribution is 8.01. The standard InChI is InChI=1S/C20H22ClN3O2S3/c1-12-16(11-18(25)26)29-20(22-12)27-9-6-13-4-7-24(8-5-13)19-23-15-3-2-14(21)10-17(15)28-19/h2-3,10,13H,4-9,11H2,1H3,(H,25,26). The van der Waals surface area contributed by atoms with Gasteiger partial charge in [-0.1, -0.05) is 34.7 Å². The van der Waals surface area contributed by atoms with Gasteiger partial charge in [0.15, 0.2) is 5.13 Å². The van der Waals surface area contributed by atoms with Crippen molar-refractivity contribution in [2.24, 2.45) is 5.92 Å². The molecule has 1 N–H and O–H groups in total. The molecule has 29 heavy (non-hydrogen) atoms. The van der Waals surface area contributed by atoms with Crippen LogP contribution in [-0.2, 0) is 11.2 Å². The van der Waals surface area contributed by atoms with Gasteiger partial charge in [0.1, 0.15) is 4.34 Å². The number of thiazole rings is 2. The fourth-order valence-corrected chi connectivity index (χ4v) is 7.20. The summed E-state index contributed by atoms with van der Waals surface area (Å²) in [5.41, 5.74) is 1.87. The molecule has 0 spiro atoms. The van der Waals surface area contributed by atoms with Crippen LogP contribution in [0.4, 0.5) is 5.13 Å². The number of hydrogen-bond donors (Lipinski definition) is 1. The van der Waals surface area contributed by atoms with Crippen LogP contribution in [0.5, 0.6) is 0 Å². The van der Waals surface area contributed by atoms with Crippen molar-refractivity contribution >= 4 is 67.4 Å². The van der Waals surface area contributed by atoms with Crippen molar-refractivity contribution in [3.63, 3.8) is 0 Å². The Morgan fingerprint density at radius 3 is 2.86 bits per heavy atom. The molecule has 1 aliphatic rings. The maximum atomic E-state index is 10.9. The van der Waals surface area contributed by atoms with Crippen LogP contribution in [0, 0.1) is 12.8 Å². The quantitative estimate of drug-likeness (QED) is 0.447. The highest BCUT2D eigenvalue weighted by atomic mass is 35.5. The monoisotopic (exact) mass is 467 g/mol. The normalized spacial score (nSPS) is 15.3. The SMILES string of the molecule is Cc1nc(SCCC2CCN(c3nc4ccc(Cl)cc4s3)CC2)sc1CC(=O)O. The third-order valence-corrected chi connectivity index (χ3v) is 8.81. The molecule has 1 fully saturated rings. The molecule has 0 amide bonds. The zero-order valence-electron chi connectivity index (χ0n) is 16.1. The lowest BCUT2D eigenvalue weighted by Gasteiger charge is -2.31. The first-order chi connectivity index (χ1) is 14.0. The number of piperidine rings is 1. The Labute approximate surface area is 187 Å². The van der Waals surface area contributed by atoms with E-state index < -0.39 is 5.97 Å². The Hall–Kier alpha value is -1.35. The number of nitrogens with zero attached hydrogens (tertiary/aromatic N) is 3. The smallest absolute Gasteiger partial charge is 0.308 e. The number of carboxylic acids is 1. The van der Waals surface area contributed by atoms with E-state index in [1.165, 1.54) is 30.6 Å². The largest absolute Gasteiger partial charge is 0.481 e. The lowest BCUT2D eigenvalue weighted by atomic mass is 9.95. The minimum absolute atomic E-state index is 0.0699. The third-order valence-electron chi connectivity index (χ3n) is 5.16. The van der Waals surface area contributed by atoms with E-state index in [0.717, 1.165) is 60.0 Å². The number of halogens is 1. The van der Waals surface area contributed by atoms with Gasteiger partial charge in [-0.05, 0) is 50.3 Å². The first kappa shape index (κ1) is 20.9. The molecule has 0 unspecified atom stereocenters. The summed E-state index contributed by atoms with van der Waals surface area (Å²) in [7, 11) is 0. The van der Waals surface area contributed by atoms with Crippen LogP contribution >= 0.6 is 46.0 Å². The van der Waals surface area contributed by atoms with Crippen LogP contribution in [0.25, 0.3) is 10.2 Å². The number of carbonyl (C=O) groups is 1. The second-order valence-electron chi connectivity index (χ2n) is 7.23. The van der Waals surface area contributed by atoms with Gasteiger partial charge in [-0.25, -0.2) is 9.97 Å². The van der Waals surface area contributed by atoms with Crippen molar-refractivity contribution in [1.29, 1.82) is 0 Å². The van der Waals surface area contributed by atoms with Gasteiger partial charge in [0.2, 0.25) is 0 Å². The van der Waals surface area contributed by atoms with E-state index in [9.17, 15) is 4.79 Å². The number of fused-ring (bicyclic) bond motifs is 1. The molecular formula is C20H22ClN3O2S3. The molecule has 9 heteroatoms. The van der Waals surface area contributed by atoms with Gasteiger partial charge in [-0.15, -0.1) is 11.3 Å². The zero-order valence-corrected chi connectivity index (χ0v) is 19.3. The van der Waals surface area contributed by atoms with Crippen molar-refractivity contribution in [2.45, 2.75) is 36.9 Å². The minimum Gasteiger partial charge on any atom is -0.481 e. The van der Waals surface area contributed by atoms with E-state index >= 15 is 0 Å². The van der Waals surface area contributed by atoms with Gasteiger partial charge < -0.3 is 10.0 Å². The zero-order chi connectivity index (χ0) is 20.4. The maximum Gasteiger partial charge on any atom is 0.308 e. The molecule has 1 aromatic carbocycles. The van der Waals surface area contributed by atoms with E-state index in [1.807, 2.05) is 25.1 Å². The number of aryl methyl sites for hydroxylation is 1. The first-order valence-electron chi connectivity index (χ1n) is 9.60. The highest BCUT2D eigenvalue weighted by Gasteiger charge is 2.22. The van der Waals surface area contributed by atoms with Gasteiger partial charge in [0, 0.05) is 28.7 Å². The molecule has 4 rings (SSSR count). The number of hydrogen-bond acceptors (Lipinski definition) is 7. The minimum atomic E-state index is -0.795. The number of rotatable bonds is 7. The second kappa shape index (κ2) is 9.20. The van der Waals surface area contributed by atoms with Gasteiger partial charge in [-0.2, -0.15) is 0 Å². The van der Waals surface area contributed by atoms with Crippen LogP contribution in [0.1, 0.15) is 29.8 Å². The molecule has 0 bridgehead atoms. The maximum absolute atomic E-state index is 10.9. The summed E-state index contributed by atoms with van der Waals surface area (Å²) in [5.74, 6) is 0.961. The van der Waals surface area contributed by atoms with Crippen LogP contribution in [-0.4, -0.2) is 39.9 Å². The van der Waals surface area contributed by atoms with E-state index in [-0.39, 0.29) is 6.42 Å². The van der Waals surface area contributed by atoms with Gasteiger partial charge >= 0.3 is 5.97 Å². The fourth-order valence-electron chi connectivity index (χ4n) is 3.51. The number of anilines is 1. The van der Waals surface area contributed by atoms with Crippen molar-refractivity contribution in [1.82, 2.24) is 9.97 Å². The summed E-state index contributed by atoms with van der Waals surface area (Å²) in [6, 6.07) is 5.87. The van der Waals surface area contributed by atoms with E-state index in [1.54, 1.807) is 23.1 Å². The van der Waals surface area contributed by atoms with Gasteiger partial charge in [0.05, 0.1) is 22.3 Å². The summed E-state index contributed by atoms with van der Waals surface area (Å²) < 4.78 is 2.14. The predicted octanol–water partition coefficient (Wildman–Crippen LogP) is 5.74. The van der Waals surface area contributed by atoms with Crippen molar-refractivity contribution in [3.05, 3.63) is 33.8 Å². The van der Waals surface area contributed by atoms with Crippen molar-refractivity contribution < 1.29 is 9.90 Å². The molecule has 0 saturated carbocycles. The molecule has 3 aromatic rings. The Morgan fingerprint density at radius 1 is 1.31 bits per heavy atom. The Morgan fingerprint density at radius 2 is 2.10 bits per heavy atom. The Kier molecular flexibility index (Phi) is 6.63. The molecule has 0 aliphatic carbocycles. The average molecular weight is 468 g/mol. The molecule has 0 radical (unpaired) electrons. The summed E-state index contributed by atoms with van der Waals surface area (Å²) >= 11 is 11.1. The number of aromatic nitrogens is 2. The van der Waals surface area contributed by atoms with Crippen molar-refractivity contribution in [3.8, 4) is 0 Å². The van der Waals surface area contributed by atoms with E-state index in [4.69, 9.17) is 21.7 Å². The summed E-state index contributed by atoms with van der Waals surface area (Å²) in [4.78, 5) is 23.5. The number of thioether (sulfide) groups is 1. The van der Waals surface area contributed by atoms with Crippen LogP contribution in [0.3, 0.4) is 0 Å².